The molecule has 2 atom stereocenters. The molecule has 0 amide bonds. The van der Waals surface area contributed by atoms with E-state index in [0.717, 1.165) is 22.6 Å². The Kier molecular flexibility index (Phi) is 4.24. The Balaban J connectivity index is 1.74. The normalized spacial score (nSPS) is 44.1. The predicted octanol–water partition coefficient (Wildman–Crippen LogP) is 4.33. The fourth-order valence-corrected chi connectivity index (χ4v) is 5.30. The quantitative estimate of drug-likeness (QED) is 0.677. The van der Waals surface area contributed by atoms with E-state index in [1.165, 1.54) is 43.6 Å². The van der Waals surface area contributed by atoms with Crippen molar-refractivity contribution in [2.75, 3.05) is 11.5 Å². The molecule has 0 N–H and O–H groups in total. The molecule has 0 aromatic carbocycles. The lowest BCUT2D eigenvalue weighted by Crippen LogP contribution is -2.20. The molecule has 14 heavy (non-hydrogen) atoms. The molecule has 2 unspecified atom stereocenters. The highest BCUT2D eigenvalue weighted by atomic mass is 79.9. The average Bonchev–Trinajstić information content (AvgIpc) is 2.56. The second kappa shape index (κ2) is 5.25. The Bertz CT molecular complexity index is 175. The maximum absolute atomic E-state index is 3.82. The maximum atomic E-state index is 3.82. The third kappa shape index (κ3) is 2.91. The minimum atomic E-state index is 0.812. The van der Waals surface area contributed by atoms with Crippen molar-refractivity contribution in [2.45, 2.75) is 43.9 Å². The molecule has 0 nitrogen and oxygen atoms in total. The Morgan fingerprint density at radius 3 is 2.43 bits per heavy atom. The Morgan fingerprint density at radius 1 is 1.14 bits per heavy atom. The minimum absolute atomic E-state index is 0.812. The SMILES string of the molecule is CC1CCC(CC2CSCC2Br)CC1. The van der Waals surface area contributed by atoms with Gasteiger partial charge in [0, 0.05) is 10.6 Å². The van der Waals surface area contributed by atoms with E-state index in [-0.39, 0.29) is 0 Å². The van der Waals surface area contributed by atoms with Crippen LogP contribution in [0.15, 0.2) is 0 Å². The second-order valence-corrected chi connectivity index (χ2v) is 7.43. The van der Waals surface area contributed by atoms with Gasteiger partial charge >= 0.3 is 0 Å². The molecule has 0 bridgehead atoms. The van der Waals surface area contributed by atoms with Crippen LogP contribution in [0.3, 0.4) is 0 Å². The molecule has 2 aliphatic rings. The van der Waals surface area contributed by atoms with Crippen LogP contribution in [-0.4, -0.2) is 16.3 Å². The van der Waals surface area contributed by atoms with Crippen LogP contribution in [0, 0.1) is 17.8 Å². The minimum Gasteiger partial charge on any atom is -0.161 e. The Labute approximate surface area is 101 Å². The van der Waals surface area contributed by atoms with Gasteiger partial charge < -0.3 is 0 Å². The summed E-state index contributed by atoms with van der Waals surface area (Å²) in [5.74, 6) is 5.77. The van der Waals surface area contributed by atoms with E-state index in [4.69, 9.17) is 0 Å². The van der Waals surface area contributed by atoms with Gasteiger partial charge in [0.25, 0.3) is 0 Å². The summed E-state index contributed by atoms with van der Waals surface area (Å²) in [6.07, 6.45) is 7.47. The van der Waals surface area contributed by atoms with E-state index in [2.05, 4.69) is 34.6 Å². The van der Waals surface area contributed by atoms with Gasteiger partial charge in [-0.2, -0.15) is 11.8 Å². The van der Waals surface area contributed by atoms with Crippen molar-refractivity contribution in [2.24, 2.45) is 17.8 Å². The highest BCUT2D eigenvalue weighted by Gasteiger charge is 2.29. The first kappa shape index (κ1) is 11.3. The van der Waals surface area contributed by atoms with Crippen molar-refractivity contribution in [3.8, 4) is 0 Å². The summed E-state index contributed by atoms with van der Waals surface area (Å²) in [5.41, 5.74) is 0. The number of hydrogen-bond donors (Lipinski definition) is 0. The van der Waals surface area contributed by atoms with Crippen LogP contribution < -0.4 is 0 Å². The maximum Gasteiger partial charge on any atom is 0.0272 e. The van der Waals surface area contributed by atoms with Crippen LogP contribution in [0.4, 0.5) is 0 Å². The number of hydrogen-bond acceptors (Lipinski definition) is 1. The van der Waals surface area contributed by atoms with Crippen molar-refractivity contribution in [3.63, 3.8) is 0 Å². The highest BCUT2D eigenvalue weighted by molar-refractivity contribution is 9.09. The van der Waals surface area contributed by atoms with Crippen LogP contribution in [0.1, 0.15) is 39.0 Å². The third-order valence-corrected chi connectivity index (χ3v) is 6.65. The summed E-state index contributed by atoms with van der Waals surface area (Å²) in [6.45, 7) is 2.41. The molecule has 2 rings (SSSR count). The van der Waals surface area contributed by atoms with Gasteiger partial charge in [0.1, 0.15) is 0 Å². The van der Waals surface area contributed by atoms with Crippen LogP contribution in [-0.2, 0) is 0 Å². The van der Waals surface area contributed by atoms with Gasteiger partial charge in [-0.15, -0.1) is 0 Å². The van der Waals surface area contributed by atoms with E-state index in [0.29, 0.717) is 0 Å². The van der Waals surface area contributed by atoms with Crippen molar-refractivity contribution in [1.29, 1.82) is 0 Å². The lowest BCUT2D eigenvalue weighted by molar-refractivity contribution is 0.254. The highest BCUT2D eigenvalue weighted by Crippen LogP contribution is 2.38. The zero-order valence-electron chi connectivity index (χ0n) is 9.05. The summed E-state index contributed by atoms with van der Waals surface area (Å²) in [4.78, 5) is 0.812. The molecule has 0 aromatic heterocycles. The zero-order valence-corrected chi connectivity index (χ0v) is 11.4. The summed E-state index contributed by atoms with van der Waals surface area (Å²) < 4.78 is 0. The monoisotopic (exact) mass is 276 g/mol. The molecule has 0 aromatic rings. The fourth-order valence-electron chi connectivity index (χ4n) is 2.78. The summed E-state index contributed by atoms with van der Waals surface area (Å²) in [5, 5.41) is 0. The molecular weight excluding hydrogens is 256 g/mol. The summed E-state index contributed by atoms with van der Waals surface area (Å²) >= 11 is 5.96. The first-order chi connectivity index (χ1) is 6.75. The molecule has 2 heteroatoms. The number of thioether (sulfide) groups is 1. The van der Waals surface area contributed by atoms with Gasteiger partial charge in [0.15, 0.2) is 0 Å². The molecule has 82 valence electrons. The van der Waals surface area contributed by atoms with Gasteiger partial charge in [-0.3, -0.25) is 0 Å². The average molecular weight is 277 g/mol. The van der Waals surface area contributed by atoms with Crippen molar-refractivity contribution in [1.82, 2.24) is 0 Å². The molecule has 0 spiro atoms. The second-order valence-electron chi connectivity index (χ2n) is 5.18. The third-order valence-electron chi connectivity index (χ3n) is 3.89. The molecule has 0 radical (unpaired) electrons. The lowest BCUT2D eigenvalue weighted by atomic mass is 9.78. The van der Waals surface area contributed by atoms with E-state index in [1.54, 1.807) is 0 Å². The number of rotatable bonds is 2. The Morgan fingerprint density at radius 2 is 1.86 bits per heavy atom. The van der Waals surface area contributed by atoms with E-state index in [9.17, 15) is 0 Å². The van der Waals surface area contributed by atoms with Gasteiger partial charge in [0.05, 0.1) is 0 Å². The molecule has 1 saturated carbocycles. The molecule has 1 aliphatic heterocycles. The largest absolute Gasteiger partial charge is 0.161 e. The van der Waals surface area contributed by atoms with Crippen LogP contribution in [0.2, 0.25) is 0 Å². The first-order valence-corrected chi connectivity index (χ1v) is 8.04. The zero-order chi connectivity index (χ0) is 9.97. The molecular formula is C12H21BrS. The van der Waals surface area contributed by atoms with Crippen molar-refractivity contribution in [3.05, 3.63) is 0 Å². The predicted molar refractivity (Wildman–Crippen MR) is 69.3 cm³/mol. The van der Waals surface area contributed by atoms with E-state index < -0.39 is 0 Å². The Hall–Kier alpha value is 0.830. The number of alkyl halides is 1. The van der Waals surface area contributed by atoms with Gasteiger partial charge in [-0.05, 0) is 29.9 Å². The van der Waals surface area contributed by atoms with E-state index in [1.807, 2.05) is 0 Å². The van der Waals surface area contributed by atoms with Crippen LogP contribution in [0.25, 0.3) is 0 Å². The fraction of sp³-hybridized carbons (Fsp3) is 1.00. The van der Waals surface area contributed by atoms with Gasteiger partial charge in [-0.1, -0.05) is 48.5 Å². The topological polar surface area (TPSA) is 0 Å². The lowest BCUT2D eigenvalue weighted by Gasteiger charge is -2.28. The number of halogens is 1. The van der Waals surface area contributed by atoms with Crippen molar-refractivity contribution < 1.29 is 0 Å². The molecule has 1 aliphatic carbocycles. The van der Waals surface area contributed by atoms with Crippen LogP contribution >= 0.6 is 27.7 Å². The molecule has 1 saturated heterocycles. The molecule has 2 fully saturated rings. The smallest absolute Gasteiger partial charge is 0.0272 e. The van der Waals surface area contributed by atoms with Crippen LogP contribution in [0.5, 0.6) is 0 Å². The molecule has 1 heterocycles. The van der Waals surface area contributed by atoms with Gasteiger partial charge in [-0.25, -0.2) is 0 Å². The van der Waals surface area contributed by atoms with Crippen molar-refractivity contribution >= 4 is 27.7 Å². The standard InChI is InChI=1S/C12H21BrS/c1-9-2-4-10(5-3-9)6-11-7-14-8-12(11)13/h9-12H,2-8H2,1H3. The van der Waals surface area contributed by atoms with E-state index >= 15 is 0 Å². The summed E-state index contributed by atoms with van der Waals surface area (Å²) in [7, 11) is 0. The van der Waals surface area contributed by atoms with Gasteiger partial charge in [0.2, 0.25) is 0 Å². The first-order valence-electron chi connectivity index (χ1n) is 5.97. The summed E-state index contributed by atoms with van der Waals surface area (Å²) in [6, 6.07) is 0.